The van der Waals surface area contributed by atoms with Gasteiger partial charge in [0.1, 0.15) is 0 Å². The van der Waals surface area contributed by atoms with Crippen LogP contribution < -0.4 is 5.32 Å². The molecule has 4 nitrogen and oxygen atoms in total. The predicted octanol–water partition coefficient (Wildman–Crippen LogP) is 3.45. The summed E-state index contributed by atoms with van der Waals surface area (Å²) in [6, 6.07) is 6.08. The largest absolute Gasteiger partial charge is 0.465 e. The lowest BCUT2D eigenvalue weighted by Gasteiger charge is -2.36. The second-order valence-corrected chi connectivity index (χ2v) is 5.64. The maximum absolute atomic E-state index is 10.9. The fourth-order valence-corrected chi connectivity index (χ4v) is 2.75. The van der Waals surface area contributed by atoms with Crippen molar-refractivity contribution in [2.75, 3.05) is 18.4 Å². The Bertz CT molecular complexity index is 479. The Morgan fingerprint density at radius 2 is 2.26 bits per heavy atom. The van der Waals surface area contributed by atoms with Gasteiger partial charge in [0.25, 0.3) is 0 Å². The zero-order valence-corrected chi connectivity index (χ0v) is 11.9. The number of carboxylic acid groups (broad SMARTS) is 1. The quantitative estimate of drug-likeness (QED) is 0.873. The van der Waals surface area contributed by atoms with Crippen LogP contribution >= 0.6 is 11.6 Å². The molecule has 1 saturated heterocycles. The Morgan fingerprint density at radius 1 is 1.53 bits per heavy atom. The van der Waals surface area contributed by atoms with Crippen molar-refractivity contribution in [3.63, 3.8) is 0 Å². The number of likely N-dealkylation sites (tertiary alicyclic amines) is 1. The van der Waals surface area contributed by atoms with E-state index in [-0.39, 0.29) is 0 Å². The topological polar surface area (TPSA) is 52.6 Å². The molecule has 0 bridgehead atoms. The van der Waals surface area contributed by atoms with Gasteiger partial charge in [0.05, 0.1) is 0 Å². The van der Waals surface area contributed by atoms with Gasteiger partial charge in [0.2, 0.25) is 0 Å². The Kier molecular flexibility index (Phi) is 4.20. The number of carbonyl (C=O) groups is 1. The predicted molar refractivity (Wildman–Crippen MR) is 77.0 cm³/mol. The van der Waals surface area contributed by atoms with Crippen molar-refractivity contribution in [3.8, 4) is 0 Å². The van der Waals surface area contributed by atoms with Crippen LogP contribution in [0.2, 0.25) is 5.02 Å². The molecule has 0 aliphatic carbocycles. The van der Waals surface area contributed by atoms with Crippen LogP contribution in [-0.2, 0) is 0 Å². The molecule has 5 heteroatoms. The first-order chi connectivity index (χ1) is 8.97. The number of piperidine rings is 1. The van der Waals surface area contributed by atoms with Crippen LogP contribution in [-0.4, -0.2) is 35.2 Å². The SMILES string of the molecule is Cc1cc(Cl)ccc1N[C@@H]1CCN(C(=O)O)C[C@H]1C. The summed E-state index contributed by atoms with van der Waals surface area (Å²) in [5.74, 6) is 0.292. The van der Waals surface area contributed by atoms with E-state index in [4.69, 9.17) is 16.7 Å². The second kappa shape index (κ2) is 5.70. The van der Waals surface area contributed by atoms with Gasteiger partial charge in [-0.1, -0.05) is 18.5 Å². The molecule has 1 amide bonds. The van der Waals surface area contributed by atoms with Crippen LogP contribution in [0.4, 0.5) is 10.5 Å². The van der Waals surface area contributed by atoms with E-state index >= 15 is 0 Å². The monoisotopic (exact) mass is 282 g/mol. The van der Waals surface area contributed by atoms with E-state index in [0.29, 0.717) is 25.0 Å². The van der Waals surface area contributed by atoms with Crippen molar-refractivity contribution in [2.24, 2.45) is 5.92 Å². The Balaban J connectivity index is 2.02. The lowest BCUT2D eigenvalue weighted by molar-refractivity contribution is 0.119. The van der Waals surface area contributed by atoms with Gasteiger partial charge in [0.15, 0.2) is 0 Å². The molecule has 1 aliphatic rings. The third kappa shape index (κ3) is 3.32. The molecule has 0 unspecified atom stereocenters. The highest BCUT2D eigenvalue weighted by Gasteiger charge is 2.28. The van der Waals surface area contributed by atoms with Gasteiger partial charge < -0.3 is 15.3 Å². The van der Waals surface area contributed by atoms with Crippen molar-refractivity contribution < 1.29 is 9.90 Å². The Labute approximate surface area is 118 Å². The molecule has 1 aromatic carbocycles. The summed E-state index contributed by atoms with van der Waals surface area (Å²) in [7, 11) is 0. The highest BCUT2D eigenvalue weighted by molar-refractivity contribution is 6.30. The summed E-state index contributed by atoms with van der Waals surface area (Å²) in [5.41, 5.74) is 2.19. The van der Waals surface area contributed by atoms with E-state index in [2.05, 4.69) is 12.2 Å². The number of hydrogen-bond acceptors (Lipinski definition) is 2. The molecule has 19 heavy (non-hydrogen) atoms. The molecule has 1 heterocycles. The summed E-state index contributed by atoms with van der Waals surface area (Å²) < 4.78 is 0. The number of anilines is 1. The number of hydrogen-bond donors (Lipinski definition) is 2. The van der Waals surface area contributed by atoms with Crippen molar-refractivity contribution in [3.05, 3.63) is 28.8 Å². The van der Waals surface area contributed by atoms with Gasteiger partial charge in [0, 0.05) is 29.8 Å². The number of amides is 1. The van der Waals surface area contributed by atoms with Crippen LogP contribution in [0.15, 0.2) is 18.2 Å². The smallest absolute Gasteiger partial charge is 0.407 e. The molecule has 2 N–H and O–H groups in total. The number of nitrogens with one attached hydrogen (secondary N) is 1. The standard InChI is InChI=1S/C14H19ClN2O2/c1-9-7-11(15)3-4-12(9)16-13-5-6-17(14(18)19)8-10(13)2/h3-4,7,10,13,16H,5-6,8H2,1-2H3,(H,18,19)/t10-,13-/m1/s1. The van der Waals surface area contributed by atoms with Crippen LogP contribution in [0.3, 0.4) is 0 Å². The minimum absolute atomic E-state index is 0.292. The van der Waals surface area contributed by atoms with Gasteiger partial charge >= 0.3 is 6.09 Å². The first kappa shape index (κ1) is 14.0. The summed E-state index contributed by atoms with van der Waals surface area (Å²) >= 11 is 5.94. The van der Waals surface area contributed by atoms with Crippen LogP contribution in [0.1, 0.15) is 18.9 Å². The van der Waals surface area contributed by atoms with Crippen molar-refractivity contribution in [2.45, 2.75) is 26.3 Å². The minimum Gasteiger partial charge on any atom is -0.465 e. The van der Waals surface area contributed by atoms with Crippen LogP contribution in [0.25, 0.3) is 0 Å². The Morgan fingerprint density at radius 3 is 2.84 bits per heavy atom. The average molecular weight is 283 g/mol. The average Bonchev–Trinajstić information content (AvgIpc) is 2.34. The molecule has 0 radical (unpaired) electrons. The molecular weight excluding hydrogens is 264 g/mol. The lowest BCUT2D eigenvalue weighted by atomic mass is 9.93. The lowest BCUT2D eigenvalue weighted by Crippen LogP contribution is -2.47. The van der Waals surface area contributed by atoms with Crippen LogP contribution in [0.5, 0.6) is 0 Å². The maximum atomic E-state index is 10.9. The first-order valence-electron chi connectivity index (χ1n) is 6.48. The van der Waals surface area contributed by atoms with Gasteiger partial charge in [-0.25, -0.2) is 4.79 Å². The fourth-order valence-electron chi connectivity index (χ4n) is 2.52. The van der Waals surface area contributed by atoms with Gasteiger partial charge in [-0.3, -0.25) is 0 Å². The first-order valence-corrected chi connectivity index (χ1v) is 6.85. The third-order valence-corrected chi connectivity index (χ3v) is 3.94. The second-order valence-electron chi connectivity index (χ2n) is 5.20. The maximum Gasteiger partial charge on any atom is 0.407 e. The molecule has 104 valence electrons. The van der Waals surface area contributed by atoms with Gasteiger partial charge in [-0.05, 0) is 43.0 Å². The normalized spacial score (nSPS) is 23.2. The van der Waals surface area contributed by atoms with Crippen molar-refractivity contribution in [1.82, 2.24) is 4.90 Å². The zero-order chi connectivity index (χ0) is 14.0. The summed E-state index contributed by atoms with van der Waals surface area (Å²) in [5, 5.41) is 13.2. The van der Waals surface area contributed by atoms with E-state index in [0.717, 1.165) is 22.7 Å². The summed E-state index contributed by atoms with van der Waals surface area (Å²) in [4.78, 5) is 12.4. The highest BCUT2D eigenvalue weighted by Crippen LogP contribution is 2.25. The van der Waals surface area contributed by atoms with Crippen LogP contribution in [0, 0.1) is 12.8 Å². The fraction of sp³-hybridized carbons (Fsp3) is 0.500. The molecule has 2 atom stereocenters. The minimum atomic E-state index is -0.826. The third-order valence-electron chi connectivity index (χ3n) is 3.71. The number of rotatable bonds is 2. The number of benzene rings is 1. The molecule has 1 aromatic rings. The summed E-state index contributed by atoms with van der Waals surface area (Å²) in [6.07, 6.45) is 0.00295. The van der Waals surface area contributed by atoms with Gasteiger partial charge in [-0.2, -0.15) is 0 Å². The number of aryl methyl sites for hydroxylation is 1. The molecule has 1 fully saturated rings. The van der Waals surface area contributed by atoms with E-state index in [1.807, 2.05) is 25.1 Å². The van der Waals surface area contributed by atoms with E-state index in [1.54, 1.807) is 0 Å². The number of nitrogens with zero attached hydrogens (tertiary/aromatic N) is 1. The van der Waals surface area contributed by atoms with E-state index in [9.17, 15) is 4.79 Å². The van der Waals surface area contributed by atoms with E-state index in [1.165, 1.54) is 4.90 Å². The van der Waals surface area contributed by atoms with Crippen molar-refractivity contribution in [1.29, 1.82) is 0 Å². The van der Waals surface area contributed by atoms with Crippen molar-refractivity contribution >= 4 is 23.4 Å². The molecule has 0 saturated carbocycles. The summed E-state index contributed by atoms with van der Waals surface area (Å²) in [6.45, 7) is 5.27. The van der Waals surface area contributed by atoms with E-state index < -0.39 is 6.09 Å². The highest BCUT2D eigenvalue weighted by atomic mass is 35.5. The molecule has 2 rings (SSSR count). The molecular formula is C14H19ClN2O2. The molecule has 1 aliphatic heterocycles. The molecule has 0 aromatic heterocycles. The number of halogens is 1. The van der Waals surface area contributed by atoms with Gasteiger partial charge in [-0.15, -0.1) is 0 Å². The zero-order valence-electron chi connectivity index (χ0n) is 11.2. The Hall–Kier alpha value is -1.42. The molecule has 0 spiro atoms.